The Morgan fingerprint density at radius 3 is 2.67 bits per heavy atom. The number of methoxy groups -OCH3 is 1. The molecular formula is C19H30N2O3. The summed E-state index contributed by atoms with van der Waals surface area (Å²) in [6.45, 7) is 4.85. The Hall–Kier alpha value is -1.75. The number of hydrogen-bond acceptors (Lipinski definition) is 4. The zero-order valence-corrected chi connectivity index (χ0v) is 15.0. The predicted octanol–water partition coefficient (Wildman–Crippen LogP) is 3.04. The molecule has 1 heterocycles. The largest absolute Gasteiger partial charge is 0.497 e. The smallest absolute Gasteiger partial charge is 0.247 e. The topological polar surface area (TPSA) is 61.8 Å². The molecule has 1 aromatic carbocycles. The van der Waals surface area contributed by atoms with Gasteiger partial charge in [0.25, 0.3) is 0 Å². The van der Waals surface area contributed by atoms with Gasteiger partial charge < -0.3 is 20.1 Å². The lowest BCUT2D eigenvalue weighted by atomic mass is 9.94. The van der Waals surface area contributed by atoms with Crippen LogP contribution in [0, 0.1) is 0 Å². The molecule has 0 radical (unpaired) electrons. The van der Waals surface area contributed by atoms with Crippen LogP contribution in [0.4, 0.5) is 5.69 Å². The van der Waals surface area contributed by atoms with Gasteiger partial charge in [0, 0.05) is 24.9 Å². The highest BCUT2D eigenvalue weighted by Crippen LogP contribution is 2.26. The number of hydrogen-bond donors (Lipinski definition) is 2. The molecule has 134 valence electrons. The van der Waals surface area contributed by atoms with Crippen molar-refractivity contribution in [1.29, 1.82) is 0 Å². The van der Waals surface area contributed by atoms with Gasteiger partial charge >= 0.3 is 0 Å². The van der Waals surface area contributed by atoms with E-state index in [9.17, 15) is 4.79 Å². The van der Waals surface area contributed by atoms with Crippen molar-refractivity contribution in [2.75, 3.05) is 25.6 Å². The minimum absolute atomic E-state index is 0.126. The molecule has 1 aliphatic rings. The van der Waals surface area contributed by atoms with Crippen molar-refractivity contribution in [1.82, 2.24) is 4.90 Å². The van der Waals surface area contributed by atoms with Gasteiger partial charge in [0.1, 0.15) is 11.3 Å². The minimum Gasteiger partial charge on any atom is -0.497 e. The molecule has 0 spiro atoms. The third-order valence-corrected chi connectivity index (χ3v) is 4.66. The van der Waals surface area contributed by atoms with Crippen LogP contribution in [0.5, 0.6) is 5.75 Å². The summed E-state index contributed by atoms with van der Waals surface area (Å²) in [5.41, 5.74) is 0.224. The monoisotopic (exact) mass is 334 g/mol. The molecule has 2 rings (SSSR count). The van der Waals surface area contributed by atoms with Crippen LogP contribution in [-0.2, 0) is 4.79 Å². The Morgan fingerprint density at radius 1 is 1.33 bits per heavy atom. The first-order chi connectivity index (χ1) is 11.5. The molecule has 1 unspecified atom stereocenters. The lowest BCUT2D eigenvalue weighted by Gasteiger charge is -2.41. The summed E-state index contributed by atoms with van der Waals surface area (Å²) in [4.78, 5) is 15.1. The Morgan fingerprint density at radius 2 is 2.04 bits per heavy atom. The number of carbonyl (C=O) groups excluding carboxylic acids is 1. The Balaban J connectivity index is 2.06. The van der Waals surface area contributed by atoms with E-state index in [1.165, 1.54) is 0 Å². The van der Waals surface area contributed by atoms with Crippen LogP contribution in [0.15, 0.2) is 24.3 Å². The van der Waals surface area contributed by atoms with Crippen molar-refractivity contribution < 1.29 is 14.6 Å². The summed E-state index contributed by atoms with van der Waals surface area (Å²) < 4.78 is 5.17. The second kappa shape index (κ2) is 8.38. The molecule has 1 atom stereocenters. The average molecular weight is 334 g/mol. The van der Waals surface area contributed by atoms with Crippen LogP contribution in [0.1, 0.15) is 46.0 Å². The lowest BCUT2D eigenvalue weighted by Crippen LogP contribution is -2.55. The minimum atomic E-state index is -0.677. The van der Waals surface area contributed by atoms with Crippen molar-refractivity contribution in [3.63, 3.8) is 0 Å². The van der Waals surface area contributed by atoms with E-state index in [-0.39, 0.29) is 18.6 Å². The molecule has 2 N–H and O–H groups in total. The highest BCUT2D eigenvalue weighted by molar-refractivity contribution is 5.89. The molecule has 5 heteroatoms. The number of ether oxygens (including phenoxy) is 1. The predicted molar refractivity (Wildman–Crippen MR) is 96.4 cm³/mol. The van der Waals surface area contributed by atoms with Crippen LogP contribution < -0.4 is 10.1 Å². The molecular weight excluding hydrogens is 304 g/mol. The Kier molecular flexibility index (Phi) is 6.49. The van der Waals surface area contributed by atoms with E-state index in [0.29, 0.717) is 0 Å². The summed E-state index contributed by atoms with van der Waals surface area (Å²) >= 11 is 0. The van der Waals surface area contributed by atoms with E-state index in [1.54, 1.807) is 7.11 Å². The Labute approximate surface area is 145 Å². The number of nitrogens with one attached hydrogen (secondary N) is 1. The summed E-state index contributed by atoms with van der Waals surface area (Å²) in [6, 6.07) is 7.86. The van der Waals surface area contributed by atoms with Crippen molar-refractivity contribution in [2.24, 2.45) is 0 Å². The molecule has 1 aliphatic heterocycles. The van der Waals surface area contributed by atoms with Crippen molar-refractivity contribution >= 4 is 11.6 Å². The third kappa shape index (κ3) is 4.63. The van der Waals surface area contributed by atoms with Gasteiger partial charge in [-0.3, -0.25) is 4.79 Å². The fourth-order valence-electron chi connectivity index (χ4n) is 3.34. The highest BCUT2D eigenvalue weighted by Gasteiger charge is 2.36. The first kappa shape index (κ1) is 18.6. The van der Waals surface area contributed by atoms with Crippen molar-refractivity contribution in [2.45, 2.75) is 57.5 Å². The molecule has 1 fully saturated rings. The molecule has 0 saturated carbocycles. The fourth-order valence-corrected chi connectivity index (χ4v) is 3.34. The number of piperidine rings is 1. The molecule has 0 bridgehead atoms. The second-order valence-corrected chi connectivity index (χ2v) is 6.99. The number of likely N-dealkylation sites (tertiary alicyclic amines) is 1. The average Bonchev–Trinajstić information content (AvgIpc) is 2.60. The van der Waals surface area contributed by atoms with Crippen LogP contribution >= 0.6 is 0 Å². The molecule has 5 nitrogen and oxygen atoms in total. The first-order valence-corrected chi connectivity index (χ1v) is 8.82. The Bertz CT molecular complexity index is 528. The zero-order valence-electron chi connectivity index (χ0n) is 15.0. The first-order valence-electron chi connectivity index (χ1n) is 8.82. The van der Waals surface area contributed by atoms with Crippen molar-refractivity contribution in [3.8, 4) is 5.75 Å². The van der Waals surface area contributed by atoms with Crippen LogP contribution in [0.25, 0.3) is 0 Å². The van der Waals surface area contributed by atoms with E-state index < -0.39 is 5.54 Å². The highest BCUT2D eigenvalue weighted by atomic mass is 16.5. The van der Waals surface area contributed by atoms with E-state index in [1.807, 2.05) is 43.0 Å². The zero-order chi connectivity index (χ0) is 17.6. The molecule has 0 aliphatic carbocycles. The summed E-state index contributed by atoms with van der Waals surface area (Å²) in [7, 11) is 1.64. The van der Waals surface area contributed by atoms with Gasteiger partial charge in [-0.05, 0) is 70.2 Å². The maximum absolute atomic E-state index is 13.1. The molecule has 1 saturated heterocycles. The van der Waals surface area contributed by atoms with E-state index >= 15 is 0 Å². The quantitative estimate of drug-likeness (QED) is 0.804. The second-order valence-electron chi connectivity index (χ2n) is 6.99. The number of nitrogens with zero attached hydrogens (tertiary/aromatic N) is 1. The maximum Gasteiger partial charge on any atom is 0.247 e. The third-order valence-electron chi connectivity index (χ3n) is 4.66. The summed E-state index contributed by atoms with van der Waals surface area (Å²) in [5, 5.41) is 12.4. The van der Waals surface area contributed by atoms with Gasteiger partial charge in [0.2, 0.25) is 5.91 Å². The molecule has 1 amide bonds. The van der Waals surface area contributed by atoms with Gasteiger partial charge in [-0.1, -0.05) is 0 Å². The number of amides is 1. The van der Waals surface area contributed by atoms with Crippen LogP contribution in [0.2, 0.25) is 0 Å². The van der Waals surface area contributed by atoms with Gasteiger partial charge in [0.05, 0.1) is 7.11 Å². The van der Waals surface area contributed by atoms with Gasteiger partial charge in [-0.2, -0.15) is 0 Å². The standard InChI is InChI=1S/C19H30N2O3/c1-19(2,20-15-9-11-17(24-3)12-10-15)18(23)21-13-5-4-7-16(21)8-6-14-22/h9-12,16,20,22H,4-8,13-14H2,1-3H3. The molecule has 1 aromatic rings. The van der Waals surface area contributed by atoms with Crippen LogP contribution in [-0.4, -0.2) is 47.8 Å². The number of anilines is 1. The summed E-state index contributed by atoms with van der Waals surface area (Å²) in [5.74, 6) is 0.922. The number of aliphatic hydroxyl groups excluding tert-OH is 1. The van der Waals surface area contributed by atoms with Gasteiger partial charge in [0.15, 0.2) is 0 Å². The SMILES string of the molecule is COc1ccc(NC(C)(C)C(=O)N2CCCCC2CCCO)cc1. The van der Waals surface area contributed by atoms with E-state index in [2.05, 4.69) is 5.32 Å². The van der Waals surface area contributed by atoms with Crippen LogP contribution in [0.3, 0.4) is 0 Å². The molecule has 24 heavy (non-hydrogen) atoms. The lowest BCUT2D eigenvalue weighted by molar-refractivity contribution is -0.139. The number of rotatable bonds is 7. The number of benzene rings is 1. The van der Waals surface area contributed by atoms with E-state index in [4.69, 9.17) is 9.84 Å². The normalized spacial score (nSPS) is 18.3. The number of carbonyl (C=O) groups is 1. The maximum atomic E-state index is 13.1. The van der Waals surface area contributed by atoms with Gasteiger partial charge in [-0.25, -0.2) is 0 Å². The molecule has 0 aromatic heterocycles. The fraction of sp³-hybridized carbons (Fsp3) is 0.632. The van der Waals surface area contributed by atoms with E-state index in [0.717, 1.165) is 50.1 Å². The summed E-state index contributed by atoms with van der Waals surface area (Å²) in [6.07, 6.45) is 4.87. The van der Waals surface area contributed by atoms with Gasteiger partial charge in [-0.15, -0.1) is 0 Å². The number of aliphatic hydroxyl groups is 1. The van der Waals surface area contributed by atoms with Crippen molar-refractivity contribution in [3.05, 3.63) is 24.3 Å².